The molecule has 0 saturated carbocycles. The molecule has 1 aliphatic rings. The molecule has 136 valence electrons. The van der Waals surface area contributed by atoms with Crippen molar-refractivity contribution in [1.82, 2.24) is 0 Å². The van der Waals surface area contributed by atoms with Gasteiger partial charge in [0.05, 0.1) is 12.1 Å². The molecule has 0 bridgehead atoms. The van der Waals surface area contributed by atoms with Crippen molar-refractivity contribution in [3.8, 4) is 0 Å². The van der Waals surface area contributed by atoms with Crippen molar-refractivity contribution in [3.05, 3.63) is 77.9 Å². The van der Waals surface area contributed by atoms with Crippen LogP contribution in [-0.4, -0.2) is 23.3 Å². The standard InChI is InChI=1S/C23H21NO3/c1-2-13-24-20-10-6-5-9-19(20)23(27,22(24)26)15-21(25)18-12-11-16-7-3-4-8-17(16)14-18/h3-12,14,27H,2,13,15H2,1H3/t23-/m1/s1. The highest BCUT2D eigenvalue weighted by Crippen LogP contribution is 2.42. The van der Waals surface area contributed by atoms with Crippen LogP contribution in [0.5, 0.6) is 0 Å². The Morgan fingerprint density at radius 2 is 1.70 bits per heavy atom. The quantitative estimate of drug-likeness (QED) is 0.699. The number of benzene rings is 3. The van der Waals surface area contributed by atoms with E-state index in [1.165, 1.54) is 0 Å². The molecule has 0 fully saturated rings. The molecule has 4 nitrogen and oxygen atoms in total. The third kappa shape index (κ3) is 2.82. The van der Waals surface area contributed by atoms with Crippen LogP contribution in [0.3, 0.4) is 0 Å². The van der Waals surface area contributed by atoms with Gasteiger partial charge in [0.25, 0.3) is 5.91 Å². The summed E-state index contributed by atoms with van der Waals surface area (Å²) in [7, 11) is 0. The van der Waals surface area contributed by atoms with Crippen LogP contribution in [0.15, 0.2) is 66.7 Å². The topological polar surface area (TPSA) is 57.6 Å². The molecule has 3 aromatic carbocycles. The fourth-order valence-corrected chi connectivity index (χ4v) is 3.82. The molecule has 1 N–H and O–H groups in total. The molecule has 1 heterocycles. The third-order valence-corrected chi connectivity index (χ3v) is 5.17. The molecular formula is C23H21NO3. The van der Waals surface area contributed by atoms with Crippen LogP contribution in [0.2, 0.25) is 0 Å². The van der Waals surface area contributed by atoms with Crippen LogP contribution >= 0.6 is 0 Å². The first-order valence-corrected chi connectivity index (χ1v) is 9.20. The third-order valence-electron chi connectivity index (χ3n) is 5.17. The first-order valence-electron chi connectivity index (χ1n) is 9.20. The average molecular weight is 359 g/mol. The molecule has 4 rings (SSSR count). The molecule has 0 radical (unpaired) electrons. The van der Waals surface area contributed by atoms with Crippen LogP contribution in [0, 0.1) is 0 Å². The van der Waals surface area contributed by atoms with Crippen molar-refractivity contribution >= 4 is 28.2 Å². The second kappa shape index (κ2) is 6.63. The molecule has 0 saturated heterocycles. The predicted octanol–water partition coefficient (Wildman–Crippen LogP) is 4.06. The van der Waals surface area contributed by atoms with Crippen molar-refractivity contribution in [1.29, 1.82) is 0 Å². The van der Waals surface area contributed by atoms with Gasteiger partial charge in [-0.1, -0.05) is 61.5 Å². The van der Waals surface area contributed by atoms with Crippen molar-refractivity contribution in [3.63, 3.8) is 0 Å². The van der Waals surface area contributed by atoms with E-state index >= 15 is 0 Å². The van der Waals surface area contributed by atoms with E-state index in [0.717, 1.165) is 17.2 Å². The molecule has 3 aromatic rings. The van der Waals surface area contributed by atoms with Crippen LogP contribution in [0.4, 0.5) is 5.69 Å². The van der Waals surface area contributed by atoms with E-state index in [1.54, 1.807) is 23.1 Å². The van der Waals surface area contributed by atoms with Gasteiger partial charge in [-0.05, 0) is 29.3 Å². The Balaban J connectivity index is 1.69. The molecule has 27 heavy (non-hydrogen) atoms. The minimum atomic E-state index is -1.81. The number of carbonyl (C=O) groups excluding carboxylic acids is 2. The van der Waals surface area contributed by atoms with E-state index in [-0.39, 0.29) is 12.2 Å². The van der Waals surface area contributed by atoms with E-state index < -0.39 is 11.5 Å². The first-order chi connectivity index (χ1) is 13.0. The summed E-state index contributed by atoms with van der Waals surface area (Å²) in [5.74, 6) is -0.663. The summed E-state index contributed by atoms with van der Waals surface area (Å²) in [5, 5.41) is 13.2. The SMILES string of the molecule is CCCN1C(=O)[C@@](O)(CC(=O)c2ccc3ccccc3c2)c2ccccc21. The Kier molecular flexibility index (Phi) is 4.28. The van der Waals surface area contributed by atoms with Gasteiger partial charge in [0.1, 0.15) is 0 Å². The lowest BCUT2D eigenvalue weighted by molar-refractivity contribution is -0.135. The number of nitrogens with zero attached hydrogens (tertiary/aromatic N) is 1. The lowest BCUT2D eigenvalue weighted by Gasteiger charge is -2.22. The smallest absolute Gasteiger partial charge is 0.264 e. The van der Waals surface area contributed by atoms with Gasteiger partial charge in [-0.25, -0.2) is 0 Å². The van der Waals surface area contributed by atoms with Crippen molar-refractivity contribution in [2.75, 3.05) is 11.4 Å². The highest BCUT2D eigenvalue weighted by molar-refractivity contribution is 6.11. The highest BCUT2D eigenvalue weighted by atomic mass is 16.3. The lowest BCUT2D eigenvalue weighted by Crippen LogP contribution is -2.42. The van der Waals surface area contributed by atoms with Crippen molar-refractivity contribution in [2.45, 2.75) is 25.4 Å². The predicted molar refractivity (Wildman–Crippen MR) is 106 cm³/mol. The first kappa shape index (κ1) is 17.4. The van der Waals surface area contributed by atoms with Crippen molar-refractivity contribution in [2.24, 2.45) is 0 Å². The number of ketones is 1. The number of fused-ring (bicyclic) bond motifs is 2. The molecule has 0 spiro atoms. The van der Waals surface area contributed by atoms with E-state index in [0.29, 0.717) is 23.4 Å². The van der Waals surface area contributed by atoms with Crippen LogP contribution < -0.4 is 4.90 Å². The summed E-state index contributed by atoms with van der Waals surface area (Å²) in [4.78, 5) is 27.5. The summed E-state index contributed by atoms with van der Waals surface area (Å²) in [5.41, 5.74) is -0.105. The number of para-hydroxylation sites is 1. The number of hydrogen-bond acceptors (Lipinski definition) is 3. The largest absolute Gasteiger partial charge is 0.375 e. The van der Waals surface area contributed by atoms with Gasteiger partial charge in [-0.2, -0.15) is 0 Å². The molecule has 1 aliphatic heterocycles. The van der Waals surface area contributed by atoms with Gasteiger partial charge in [0.2, 0.25) is 0 Å². The molecule has 0 unspecified atom stereocenters. The van der Waals surface area contributed by atoms with Gasteiger partial charge in [-0.15, -0.1) is 0 Å². The Morgan fingerprint density at radius 1 is 1.00 bits per heavy atom. The van der Waals surface area contributed by atoms with Gasteiger partial charge in [0, 0.05) is 17.7 Å². The monoisotopic (exact) mass is 359 g/mol. The number of hydrogen-bond donors (Lipinski definition) is 1. The Labute approximate surface area is 158 Å². The van der Waals surface area contributed by atoms with E-state index in [4.69, 9.17) is 0 Å². The van der Waals surface area contributed by atoms with Gasteiger partial charge >= 0.3 is 0 Å². The minimum Gasteiger partial charge on any atom is -0.375 e. The lowest BCUT2D eigenvalue weighted by atomic mass is 9.88. The summed E-state index contributed by atoms with van der Waals surface area (Å²) in [6, 6.07) is 20.4. The van der Waals surface area contributed by atoms with Gasteiger partial charge in [-0.3, -0.25) is 9.59 Å². The van der Waals surface area contributed by atoms with Gasteiger partial charge < -0.3 is 10.0 Å². The van der Waals surface area contributed by atoms with E-state index in [1.807, 2.05) is 55.5 Å². The molecule has 4 heteroatoms. The maximum absolute atomic E-state index is 13.0. The molecule has 1 atom stereocenters. The molecule has 1 amide bonds. The second-order valence-electron chi connectivity index (χ2n) is 7.00. The zero-order chi connectivity index (χ0) is 19.0. The number of aliphatic hydroxyl groups is 1. The maximum atomic E-state index is 13.0. The Hall–Kier alpha value is -2.98. The fourth-order valence-electron chi connectivity index (χ4n) is 3.82. The molecular weight excluding hydrogens is 338 g/mol. The summed E-state index contributed by atoms with van der Waals surface area (Å²) in [6.45, 7) is 2.50. The Bertz CT molecular complexity index is 1040. The summed E-state index contributed by atoms with van der Waals surface area (Å²) in [6.07, 6.45) is 0.510. The summed E-state index contributed by atoms with van der Waals surface area (Å²) < 4.78 is 0. The Morgan fingerprint density at radius 3 is 2.48 bits per heavy atom. The van der Waals surface area contributed by atoms with Crippen LogP contribution in [0.1, 0.15) is 35.7 Å². The van der Waals surface area contributed by atoms with Gasteiger partial charge in [0.15, 0.2) is 11.4 Å². The number of amides is 1. The zero-order valence-corrected chi connectivity index (χ0v) is 15.2. The average Bonchev–Trinajstić information content (AvgIpc) is 2.90. The highest BCUT2D eigenvalue weighted by Gasteiger charge is 2.50. The fraction of sp³-hybridized carbons (Fsp3) is 0.217. The number of carbonyl (C=O) groups is 2. The maximum Gasteiger partial charge on any atom is 0.264 e. The van der Waals surface area contributed by atoms with Crippen LogP contribution in [-0.2, 0) is 10.4 Å². The minimum absolute atomic E-state index is 0.246. The summed E-state index contributed by atoms with van der Waals surface area (Å²) >= 11 is 0. The number of anilines is 1. The zero-order valence-electron chi connectivity index (χ0n) is 15.2. The van der Waals surface area contributed by atoms with E-state index in [2.05, 4.69) is 0 Å². The number of rotatable bonds is 5. The second-order valence-corrected chi connectivity index (χ2v) is 7.00. The van der Waals surface area contributed by atoms with E-state index in [9.17, 15) is 14.7 Å². The normalized spacial score (nSPS) is 18.7. The van der Waals surface area contributed by atoms with Crippen LogP contribution in [0.25, 0.3) is 10.8 Å². The molecule has 0 aliphatic carbocycles. The number of Topliss-reactive ketones (excluding diaryl/α,β-unsaturated/α-hetero) is 1. The molecule has 0 aromatic heterocycles. The van der Waals surface area contributed by atoms with Crippen molar-refractivity contribution < 1.29 is 14.7 Å².